The molecule has 6 nitrogen and oxygen atoms in total. The van der Waals surface area contributed by atoms with Crippen molar-refractivity contribution in [3.8, 4) is 11.3 Å². The molecule has 0 aliphatic rings. The Hall–Kier alpha value is -4.27. The molecule has 186 valence electrons. The highest BCUT2D eigenvalue weighted by molar-refractivity contribution is 5.94. The minimum Gasteiger partial charge on any atom is -0.478 e. The summed E-state index contributed by atoms with van der Waals surface area (Å²) in [6, 6.07) is 13.5. The second-order valence-corrected chi connectivity index (χ2v) is 8.41. The lowest BCUT2D eigenvalue weighted by atomic mass is 9.99. The van der Waals surface area contributed by atoms with Crippen LogP contribution in [-0.4, -0.2) is 18.1 Å². The van der Waals surface area contributed by atoms with Crippen LogP contribution < -0.4 is 16.1 Å². The van der Waals surface area contributed by atoms with Crippen LogP contribution in [0.1, 0.15) is 40.0 Å². The van der Waals surface area contributed by atoms with Gasteiger partial charge < -0.3 is 20.2 Å². The smallest absolute Gasteiger partial charge is 0.416 e. The highest BCUT2D eigenvalue weighted by Gasteiger charge is 2.33. The highest BCUT2D eigenvalue weighted by atomic mass is 19.4. The Morgan fingerprint density at radius 1 is 1.03 bits per heavy atom. The van der Waals surface area contributed by atoms with Crippen molar-refractivity contribution in [1.82, 2.24) is 0 Å². The van der Waals surface area contributed by atoms with E-state index < -0.39 is 29.2 Å². The first-order valence-electron chi connectivity index (χ1n) is 11.1. The predicted molar refractivity (Wildman–Crippen MR) is 133 cm³/mol. The van der Waals surface area contributed by atoms with Gasteiger partial charge in [0.25, 0.3) is 0 Å². The summed E-state index contributed by atoms with van der Waals surface area (Å²) in [7, 11) is 1.78. The standard InChI is InChI=1S/C27H23F3N2O4/c1-14-10-16(8-9-21(14)31-3)24-13-23(33)20-12-17(27(28,29)30)11-19(25(20)36-24)15(2)32-22-7-5-4-6-18(22)26(34)35/h4-13,15,31-32H,1-3H3,(H,34,35). The van der Waals surface area contributed by atoms with Crippen molar-refractivity contribution < 1.29 is 27.5 Å². The van der Waals surface area contributed by atoms with Crippen molar-refractivity contribution in [2.24, 2.45) is 0 Å². The van der Waals surface area contributed by atoms with E-state index in [1.165, 1.54) is 18.2 Å². The molecule has 1 unspecified atom stereocenters. The number of alkyl halides is 3. The number of nitrogens with one attached hydrogen (secondary N) is 2. The number of rotatable bonds is 6. The van der Waals surface area contributed by atoms with Gasteiger partial charge in [0, 0.05) is 35.6 Å². The topological polar surface area (TPSA) is 91.6 Å². The lowest BCUT2D eigenvalue weighted by molar-refractivity contribution is -0.137. The molecule has 4 rings (SSSR count). The zero-order chi connectivity index (χ0) is 26.2. The molecule has 3 N–H and O–H groups in total. The fourth-order valence-electron chi connectivity index (χ4n) is 4.12. The minimum atomic E-state index is -4.70. The quantitative estimate of drug-likeness (QED) is 0.275. The van der Waals surface area contributed by atoms with Crippen molar-refractivity contribution in [1.29, 1.82) is 0 Å². The molecule has 0 aliphatic carbocycles. The third kappa shape index (κ3) is 4.77. The number of hydrogen-bond acceptors (Lipinski definition) is 5. The fourth-order valence-corrected chi connectivity index (χ4v) is 4.12. The number of anilines is 2. The Morgan fingerprint density at radius 3 is 2.39 bits per heavy atom. The number of aryl methyl sites for hydroxylation is 1. The van der Waals surface area contributed by atoms with Gasteiger partial charge in [-0.05, 0) is 61.9 Å². The monoisotopic (exact) mass is 496 g/mol. The summed E-state index contributed by atoms with van der Waals surface area (Å²) in [5, 5.41) is 15.3. The Morgan fingerprint density at radius 2 is 1.75 bits per heavy atom. The first-order chi connectivity index (χ1) is 17.0. The average Bonchev–Trinajstić information content (AvgIpc) is 2.83. The van der Waals surface area contributed by atoms with Gasteiger partial charge >= 0.3 is 12.1 Å². The molecule has 1 atom stereocenters. The van der Waals surface area contributed by atoms with E-state index in [4.69, 9.17) is 4.42 Å². The number of aromatic carboxylic acids is 1. The maximum absolute atomic E-state index is 13.7. The molecule has 0 radical (unpaired) electrons. The number of carbonyl (C=O) groups is 1. The predicted octanol–water partition coefficient (Wildman–Crippen LogP) is 6.70. The Balaban J connectivity index is 1.92. The number of hydrogen-bond donors (Lipinski definition) is 3. The van der Waals surface area contributed by atoms with E-state index in [1.54, 1.807) is 32.2 Å². The van der Waals surface area contributed by atoms with E-state index in [2.05, 4.69) is 10.6 Å². The summed E-state index contributed by atoms with van der Waals surface area (Å²) < 4.78 is 47.2. The molecule has 1 heterocycles. The molecule has 1 aromatic heterocycles. The molecule has 0 saturated heterocycles. The molecule has 0 aliphatic heterocycles. The number of para-hydroxylation sites is 1. The van der Waals surface area contributed by atoms with Gasteiger partial charge in [-0.2, -0.15) is 13.2 Å². The summed E-state index contributed by atoms with van der Waals surface area (Å²) in [6.07, 6.45) is -4.70. The van der Waals surface area contributed by atoms with Crippen LogP contribution in [0.5, 0.6) is 0 Å². The average molecular weight is 496 g/mol. The Labute approximate surface area is 204 Å². The highest BCUT2D eigenvalue weighted by Crippen LogP contribution is 2.37. The van der Waals surface area contributed by atoms with Crippen molar-refractivity contribution in [3.63, 3.8) is 0 Å². The maximum Gasteiger partial charge on any atom is 0.416 e. The second kappa shape index (κ2) is 9.41. The largest absolute Gasteiger partial charge is 0.478 e. The number of carboxylic acid groups (broad SMARTS) is 1. The zero-order valence-electron chi connectivity index (χ0n) is 19.7. The van der Waals surface area contributed by atoms with Crippen LogP contribution in [0.25, 0.3) is 22.3 Å². The van der Waals surface area contributed by atoms with E-state index in [0.29, 0.717) is 5.56 Å². The van der Waals surface area contributed by atoms with Crippen molar-refractivity contribution >= 4 is 28.3 Å². The molecule has 4 aromatic rings. The number of halogens is 3. The number of carboxylic acids is 1. The first kappa shape index (κ1) is 24.8. The van der Waals surface area contributed by atoms with Gasteiger partial charge in [0.2, 0.25) is 0 Å². The summed E-state index contributed by atoms with van der Waals surface area (Å²) in [6.45, 7) is 3.45. The molecule has 9 heteroatoms. The van der Waals surface area contributed by atoms with E-state index in [-0.39, 0.29) is 33.5 Å². The van der Waals surface area contributed by atoms with Crippen molar-refractivity contribution in [2.75, 3.05) is 17.7 Å². The molecular formula is C27H23F3N2O4. The van der Waals surface area contributed by atoms with E-state index >= 15 is 0 Å². The van der Waals surface area contributed by atoms with Gasteiger partial charge in [-0.1, -0.05) is 12.1 Å². The van der Waals surface area contributed by atoms with Gasteiger partial charge in [0.1, 0.15) is 11.3 Å². The maximum atomic E-state index is 13.7. The molecule has 0 fully saturated rings. The zero-order valence-corrected chi connectivity index (χ0v) is 19.7. The van der Waals surface area contributed by atoms with Crippen molar-refractivity contribution in [2.45, 2.75) is 26.1 Å². The van der Waals surface area contributed by atoms with E-state index in [9.17, 15) is 27.9 Å². The molecule has 3 aromatic carbocycles. The molecule has 0 saturated carbocycles. The van der Waals surface area contributed by atoms with Gasteiger partial charge in [-0.3, -0.25) is 4.79 Å². The van der Waals surface area contributed by atoms with E-state index in [1.807, 2.05) is 19.1 Å². The summed E-state index contributed by atoms with van der Waals surface area (Å²) in [4.78, 5) is 24.6. The third-order valence-electron chi connectivity index (χ3n) is 5.96. The number of fused-ring (bicyclic) bond motifs is 1. The number of benzene rings is 3. The summed E-state index contributed by atoms with van der Waals surface area (Å²) in [5.74, 6) is -0.981. The van der Waals surface area contributed by atoms with Crippen LogP contribution in [0.15, 0.2) is 69.9 Å². The molecule has 0 bridgehead atoms. The molecule has 0 spiro atoms. The summed E-state index contributed by atoms with van der Waals surface area (Å²) in [5.41, 5.74) is 0.997. The second-order valence-electron chi connectivity index (χ2n) is 8.41. The van der Waals surface area contributed by atoms with Gasteiger partial charge in [-0.15, -0.1) is 0 Å². The summed E-state index contributed by atoms with van der Waals surface area (Å²) >= 11 is 0. The molecular weight excluding hydrogens is 473 g/mol. The van der Waals surface area contributed by atoms with Crippen molar-refractivity contribution in [3.05, 3.63) is 93.1 Å². The lowest BCUT2D eigenvalue weighted by Crippen LogP contribution is -2.15. The Kier molecular flexibility index (Phi) is 6.49. The van der Waals surface area contributed by atoms with Crippen LogP contribution in [0, 0.1) is 6.92 Å². The lowest BCUT2D eigenvalue weighted by Gasteiger charge is -2.20. The van der Waals surface area contributed by atoms with Gasteiger partial charge in [-0.25, -0.2) is 4.79 Å². The Bertz CT molecular complexity index is 1530. The van der Waals surface area contributed by atoms with E-state index in [0.717, 1.165) is 23.4 Å². The van der Waals surface area contributed by atoms with Crippen LogP contribution in [0.4, 0.5) is 24.5 Å². The first-order valence-corrected chi connectivity index (χ1v) is 11.1. The molecule has 0 amide bonds. The third-order valence-corrected chi connectivity index (χ3v) is 5.96. The van der Waals surface area contributed by atoms with Crippen LogP contribution in [-0.2, 0) is 6.18 Å². The van der Waals surface area contributed by atoms with Crippen LogP contribution in [0.3, 0.4) is 0 Å². The molecule has 36 heavy (non-hydrogen) atoms. The van der Waals surface area contributed by atoms with Crippen LogP contribution >= 0.6 is 0 Å². The normalized spacial score (nSPS) is 12.4. The van der Waals surface area contributed by atoms with Crippen LogP contribution in [0.2, 0.25) is 0 Å². The van der Waals surface area contributed by atoms with Gasteiger partial charge in [0.15, 0.2) is 5.43 Å². The fraction of sp³-hybridized carbons (Fsp3) is 0.185. The minimum absolute atomic E-state index is 0.00588. The van der Waals surface area contributed by atoms with Gasteiger partial charge in [0.05, 0.1) is 22.6 Å². The SMILES string of the molecule is CNc1ccc(-c2cc(=O)c3cc(C(F)(F)F)cc(C(C)Nc4ccccc4C(=O)O)c3o2)cc1C.